The molecule has 24 heavy (non-hydrogen) atoms. The molecule has 1 aliphatic heterocycles. The summed E-state index contributed by atoms with van der Waals surface area (Å²) in [5.74, 6) is 1.39. The molecule has 1 fully saturated rings. The van der Waals surface area contributed by atoms with Crippen LogP contribution in [0.5, 0.6) is 0 Å². The van der Waals surface area contributed by atoms with E-state index in [-0.39, 0.29) is 5.56 Å². The maximum absolute atomic E-state index is 12.2. The van der Waals surface area contributed by atoms with Gasteiger partial charge in [0.1, 0.15) is 5.52 Å². The molecule has 0 spiro atoms. The lowest BCUT2D eigenvalue weighted by Crippen LogP contribution is -2.50. The first-order valence-corrected chi connectivity index (χ1v) is 8.41. The molecule has 0 saturated carbocycles. The minimum Gasteiger partial charge on any atom is -0.354 e. The zero-order valence-electron chi connectivity index (χ0n) is 13.3. The summed E-state index contributed by atoms with van der Waals surface area (Å²) < 4.78 is 3.49. The minimum atomic E-state index is 0.0325. The Bertz CT molecular complexity index is 969. The van der Waals surface area contributed by atoms with Crippen molar-refractivity contribution in [2.75, 3.05) is 18.0 Å². The zero-order chi connectivity index (χ0) is 16.1. The summed E-state index contributed by atoms with van der Waals surface area (Å²) in [6.45, 7) is 2.47. The van der Waals surface area contributed by atoms with Crippen molar-refractivity contribution in [2.24, 2.45) is 5.92 Å². The minimum absolute atomic E-state index is 0.0325. The molecular formula is C17H18N6O. The largest absolute Gasteiger partial charge is 0.354 e. The predicted octanol–water partition coefficient (Wildman–Crippen LogP) is 0.911. The van der Waals surface area contributed by atoms with E-state index in [1.807, 2.05) is 16.8 Å². The SMILES string of the molecule is O=c1cc2c(nn1CC1CN(c3nccn4nccc34)C1)CCC2. The number of hydrogen-bond donors (Lipinski definition) is 0. The quantitative estimate of drug-likeness (QED) is 0.717. The number of rotatable bonds is 3. The second-order valence-corrected chi connectivity index (χ2v) is 6.67. The van der Waals surface area contributed by atoms with Crippen LogP contribution in [0.25, 0.3) is 5.52 Å². The molecule has 7 heteroatoms. The van der Waals surface area contributed by atoms with Crippen LogP contribution in [-0.4, -0.2) is 37.5 Å². The van der Waals surface area contributed by atoms with Crippen LogP contribution < -0.4 is 10.5 Å². The summed E-state index contributed by atoms with van der Waals surface area (Å²) in [6, 6.07) is 3.75. The predicted molar refractivity (Wildman–Crippen MR) is 89.2 cm³/mol. The Morgan fingerprint density at radius 1 is 1.21 bits per heavy atom. The topological polar surface area (TPSA) is 68.3 Å². The smallest absolute Gasteiger partial charge is 0.267 e. The lowest BCUT2D eigenvalue weighted by atomic mass is 10.00. The van der Waals surface area contributed by atoms with Crippen molar-refractivity contribution in [2.45, 2.75) is 25.8 Å². The summed E-state index contributed by atoms with van der Waals surface area (Å²) in [5.41, 5.74) is 3.30. The van der Waals surface area contributed by atoms with E-state index < -0.39 is 0 Å². The van der Waals surface area contributed by atoms with Crippen LogP contribution in [0, 0.1) is 5.92 Å². The number of fused-ring (bicyclic) bond motifs is 2. The second-order valence-electron chi connectivity index (χ2n) is 6.67. The van der Waals surface area contributed by atoms with Gasteiger partial charge >= 0.3 is 0 Å². The van der Waals surface area contributed by atoms with Gasteiger partial charge in [-0.3, -0.25) is 4.79 Å². The molecule has 0 N–H and O–H groups in total. The monoisotopic (exact) mass is 322 g/mol. The van der Waals surface area contributed by atoms with E-state index in [4.69, 9.17) is 0 Å². The first-order valence-electron chi connectivity index (χ1n) is 8.41. The summed E-state index contributed by atoms with van der Waals surface area (Å²) in [7, 11) is 0. The molecule has 0 amide bonds. The summed E-state index contributed by atoms with van der Waals surface area (Å²) in [4.78, 5) is 18.9. The van der Waals surface area contributed by atoms with E-state index >= 15 is 0 Å². The zero-order valence-corrected chi connectivity index (χ0v) is 13.3. The Balaban J connectivity index is 1.32. The Morgan fingerprint density at radius 3 is 3.04 bits per heavy atom. The van der Waals surface area contributed by atoms with E-state index in [0.29, 0.717) is 12.5 Å². The van der Waals surface area contributed by atoms with Gasteiger partial charge in [-0.05, 0) is 30.9 Å². The summed E-state index contributed by atoms with van der Waals surface area (Å²) >= 11 is 0. The Morgan fingerprint density at radius 2 is 2.12 bits per heavy atom. The highest BCUT2D eigenvalue weighted by molar-refractivity contribution is 5.69. The van der Waals surface area contributed by atoms with Gasteiger partial charge in [-0.25, -0.2) is 14.2 Å². The Labute approximate surface area is 138 Å². The van der Waals surface area contributed by atoms with Gasteiger partial charge < -0.3 is 4.90 Å². The highest BCUT2D eigenvalue weighted by Gasteiger charge is 2.30. The molecule has 7 nitrogen and oxygen atoms in total. The van der Waals surface area contributed by atoms with Gasteiger partial charge in [-0.1, -0.05) is 0 Å². The molecule has 3 aromatic heterocycles. The molecule has 2 aliphatic rings. The van der Waals surface area contributed by atoms with E-state index in [9.17, 15) is 4.79 Å². The number of nitrogens with zero attached hydrogens (tertiary/aromatic N) is 6. The molecule has 122 valence electrons. The standard InChI is InChI=1S/C17H18N6O/c24-16-8-13-2-1-3-14(13)20-23(16)11-12-9-21(10-12)17-15-4-5-19-22(15)7-6-18-17/h4-8,12H,1-3,9-11H2. The van der Waals surface area contributed by atoms with Crippen molar-refractivity contribution >= 4 is 11.3 Å². The Hall–Kier alpha value is -2.70. The highest BCUT2D eigenvalue weighted by Crippen LogP contribution is 2.27. The first-order chi connectivity index (χ1) is 11.8. The average Bonchev–Trinajstić information content (AvgIpc) is 3.18. The average molecular weight is 322 g/mol. The third-order valence-electron chi connectivity index (χ3n) is 5.02. The van der Waals surface area contributed by atoms with Crippen LogP contribution >= 0.6 is 0 Å². The van der Waals surface area contributed by atoms with Crippen molar-refractivity contribution in [1.82, 2.24) is 24.4 Å². The highest BCUT2D eigenvalue weighted by atomic mass is 16.1. The molecule has 3 aromatic rings. The van der Waals surface area contributed by atoms with Crippen molar-refractivity contribution in [1.29, 1.82) is 0 Å². The van der Waals surface area contributed by atoms with Gasteiger partial charge in [-0.15, -0.1) is 0 Å². The van der Waals surface area contributed by atoms with Gasteiger partial charge in [-0.2, -0.15) is 10.2 Å². The molecule has 0 radical (unpaired) electrons. The molecule has 1 aliphatic carbocycles. The molecule has 4 heterocycles. The molecular weight excluding hydrogens is 304 g/mol. The normalized spacial score (nSPS) is 17.2. The van der Waals surface area contributed by atoms with Crippen molar-refractivity contribution < 1.29 is 0 Å². The number of anilines is 1. The van der Waals surface area contributed by atoms with Crippen molar-refractivity contribution in [3.63, 3.8) is 0 Å². The summed E-state index contributed by atoms with van der Waals surface area (Å²) in [6.07, 6.45) is 8.52. The van der Waals surface area contributed by atoms with Crippen LogP contribution in [0.4, 0.5) is 5.82 Å². The van der Waals surface area contributed by atoms with Gasteiger partial charge in [0.05, 0.1) is 18.4 Å². The fraction of sp³-hybridized carbons (Fsp3) is 0.412. The van der Waals surface area contributed by atoms with Gasteiger partial charge in [0.2, 0.25) is 0 Å². The van der Waals surface area contributed by atoms with Crippen molar-refractivity contribution in [3.8, 4) is 0 Å². The van der Waals surface area contributed by atoms with Gasteiger partial charge in [0.15, 0.2) is 5.82 Å². The molecule has 5 rings (SSSR count). The lowest BCUT2D eigenvalue weighted by molar-refractivity contribution is 0.332. The van der Waals surface area contributed by atoms with Crippen LogP contribution in [0.15, 0.2) is 35.5 Å². The van der Waals surface area contributed by atoms with Crippen molar-refractivity contribution in [3.05, 3.63) is 52.3 Å². The first kappa shape index (κ1) is 13.7. The second kappa shape index (κ2) is 5.15. The summed E-state index contributed by atoms with van der Waals surface area (Å²) in [5, 5.41) is 8.82. The van der Waals surface area contributed by atoms with Crippen LogP contribution in [0.3, 0.4) is 0 Å². The third-order valence-corrected chi connectivity index (χ3v) is 5.02. The third kappa shape index (κ3) is 2.11. The van der Waals surface area contributed by atoms with Crippen LogP contribution in [0.2, 0.25) is 0 Å². The fourth-order valence-electron chi connectivity index (χ4n) is 3.76. The van der Waals surface area contributed by atoms with E-state index in [2.05, 4.69) is 20.1 Å². The fourth-order valence-corrected chi connectivity index (χ4v) is 3.76. The van der Waals surface area contributed by atoms with Gasteiger partial charge in [0, 0.05) is 37.5 Å². The maximum atomic E-state index is 12.2. The molecule has 0 unspecified atom stereocenters. The molecule has 0 bridgehead atoms. The molecule has 0 aromatic carbocycles. The van der Waals surface area contributed by atoms with Crippen LogP contribution in [-0.2, 0) is 19.4 Å². The van der Waals surface area contributed by atoms with E-state index in [0.717, 1.165) is 54.9 Å². The molecule has 1 saturated heterocycles. The van der Waals surface area contributed by atoms with E-state index in [1.54, 1.807) is 23.1 Å². The van der Waals surface area contributed by atoms with E-state index in [1.165, 1.54) is 0 Å². The number of aryl methyl sites for hydroxylation is 2. The Kier molecular flexibility index (Phi) is 2.95. The van der Waals surface area contributed by atoms with Crippen LogP contribution in [0.1, 0.15) is 17.7 Å². The van der Waals surface area contributed by atoms with Gasteiger partial charge in [0.25, 0.3) is 5.56 Å². The lowest BCUT2D eigenvalue weighted by Gasteiger charge is -2.40. The maximum Gasteiger partial charge on any atom is 0.267 e. The number of hydrogen-bond acceptors (Lipinski definition) is 5. The number of aromatic nitrogens is 5. The molecule has 0 atom stereocenters.